The van der Waals surface area contributed by atoms with Crippen LogP contribution in [0.4, 0.5) is 11.8 Å². The van der Waals surface area contributed by atoms with E-state index in [-0.39, 0.29) is 12.7 Å². The van der Waals surface area contributed by atoms with Crippen LogP contribution < -0.4 is 20.5 Å². The minimum Gasteiger partial charge on any atom is -0.454 e. The van der Waals surface area contributed by atoms with Gasteiger partial charge in [0.1, 0.15) is 5.82 Å². The highest BCUT2D eigenvalue weighted by molar-refractivity contribution is 6.32. The molecule has 3 N–H and O–H groups in total. The lowest BCUT2D eigenvalue weighted by molar-refractivity contribution is 0.174. The molecule has 0 atom stereocenters. The van der Waals surface area contributed by atoms with E-state index in [2.05, 4.69) is 15.3 Å². The second kappa shape index (κ2) is 4.47. The van der Waals surface area contributed by atoms with E-state index in [1.54, 1.807) is 19.2 Å². The molecule has 3 rings (SSSR count). The van der Waals surface area contributed by atoms with Crippen molar-refractivity contribution in [2.75, 3.05) is 24.9 Å². The second-order valence-electron chi connectivity index (χ2n) is 3.94. The zero-order valence-corrected chi connectivity index (χ0v) is 10.9. The van der Waals surface area contributed by atoms with Crippen LogP contribution >= 0.6 is 11.6 Å². The number of hydrogen-bond acceptors (Lipinski definition) is 6. The fourth-order valence-electron chi connectivity index (χ4n) is 1.86. The molecule has 0 bridgehead atoms. The van der Waals surface area contributed by atoms with Crippen molar-refractivity contribution in [3.8, 4) is 22.8 Å². The summed E-state index contributed by atoms with van der Waals surface area (Å²) in [5, 5.41) is 3.40. The van der Waals surface area contributed by atoms with E-state index in [0.717, 1.165) is 5.56 Å². The number of nitrogens with two attached hydrogens (primary N) is 1. The van der Waals surface area contributed by atoms with Gasteiger partial charge in [0, 0.05) is 18.7 Å². The van der Waals surface area contributed by atoms with Crippen LogP contribution in [0.15, 0.2) is 18.2 Å². The van der Waals surface area contributed by atoms with Crippen LogP contribution in [0.1, 0.15) is 0 Å². The van der Waals surface area contributed by atoms with Crippen LogP contribution in [0, 0.1) is 0 Å². The highest BCUT2D eigenvalue weighted by Gasteiger charge is 2.19. The fraction of sp³-hybridized carbons (Fsp3) is 0.167. The molecular weight excluding hydrogens is 268 g/mol. The minimum absolute atomic E-state index is 0.173. The van der Waals surface area contributed by atoms with E-state index < -0.39 is 0 Å². The molecule has 0 unspecified atom stereocenters. The summed E-state index contributed by atoms with van der Waals surface area (Å²) in [6, 6.07) is 5.36. The maximum absolute atomic E-state index is 6.14. The van der Waals surface area contributed by atoms with E-state index >= 15 is 0 Å². The Hall–Kier alpha value is -2.21. The van der Waals surface area contributed by atoms with Gasteiger partial charge in [0.25, 0.3) is 0 Å². The van der Waals surface area contributed by atoms with Gasteiger partial charge in [-0.1, -0.05) is 11.6 Å². The topological polar surface area (TPSA) is 82.3 Å². The predicted octanol–water partition coefficient (Wildman–Crippen LogP) is 2.15. The quantitative estimate of drug-likeness (QED) is 0.876. The number of rotatable bonds is 2. The Balaban J connectivity index is 2.12. The largest absolute Gasteiger partial charge is 0.454 e. The van der Waals surface area contributed by atoms with Gasteiger partial charge in [-0.3, -0.25) is 0 Å². The molecule has 1 aliphatic heterocycles. The summed E-state index contributed by atoms with van der Waals surface area (Å²) in [4.78, 5) is 8.23. The predicted molar refractivity (Wildman–Crippen MR) is 72.6 cm³/mol. The summed E-state index contributed by atoms with van der Waals surface area (Å²) in [6.07, 6.45) is 0. The average molecular weight is 279 g/mol. The first kappa shape index (κ1) is 11.9. The third-order valence-corrected chi connectivity index (χ3v) is 3.00. The number of nitrogens with zero attached hydrogens (tertiary/aromatic N) is 2. The van der Waals surface area contributed by atoms with Gasteiger partial charge in [-0.2, -0.15) is 4.98 Å². The third-order valence-electron chi connectivity index (χ3n) is 2.72. The number of nitrogens with one attached hydrogen (secondary N) is 1. The SMILES string of the molecule is CNc1cc(-c2cc(Cl)c3c(c2)OCO3)nc(N)n1. The number of aromatic nitrogens is 2. The normalized spacial score (nSPS) is 12.5. The Morgan fingerprint density at radius 2 is 2.11 bits per heavy atom. The Morgan fingerprint density at radius 3 is 2.89 bits per heavy atom. The van der Waals surface area contributed by atoms with Crippen molar-refractivity contribution >= 4 is 23.4 Å². The van der Waals surface area contributed by atoms with Crippen LogP contribution in [-0.4, -0.2) is 23.8 Å². The summed E-state index contributed by atoms with van der Waals surface area (Å²) < 4.78 is 10.6. The Morgan fingerprint density at radius 1 is 1.26 bits per heavy atom. The maximum atomic E-state index is 6.14. The van der Waals surface area contributed by atoms with Gasteiger partial charge >= 0.3 is 0 Å². The lowest BCUT2D eigenvalue weighted by Gasteiger charge is -2.07. The lowest BCUT2D eigenvalue weighted by atomic mass is 10.1. The van der Waals surface area contributed by atoms with E-state index in [4.69, 9.17) is 26.8 Å². The fourth-order valence-corrected chi connectivity index (χ4v) is 2.12. The van der Waals surface area contributed by atoms with Crippen LogP contribution in [-0.2, 0) is 0 Å². The molecule has 2 aromatic rings. The number of ether oxygens (including phenoxy) is 2. The summed E-state index contributed by atoms with van der Waals surface area (Å²) in [5.74, 6) is 1.99. The van der Waals surface area contributed by atoms with Gasteiger partial charge in [0.05, 0.1) is 10.7 Å². The molecule has 0 radical (unpaired) electrons. The zero-order chi connectivity index (χ0) is 13.4. The van der Waals surface area contributed by atoms with E-state index in [1.807, 2.05) is 6.07 Å². The molecule has 98 valence electrons. The minimum atomic E-state index is 0.173. The Kier molecular flexibility index (Phi) is 2.79. The number of anilines is 2. The van der Waals surface area contributed by atoms with Crippen molar-refractivity contribution in [3.05, 3.63) is 23.2 Å². The summed E-state index contributed by atoms with van der Waals surface area (Å²) >= 11 is 6.14. The van der Waals surface area contributed by atoms with Crippen molar-refractivity contribution in [1.29, 1.82) is 0 Å². The highest BCUT2D eigenvalue weighted by Crippen LogP contribution is 2.42. The molecule has 6 nitrogen and oxygen atoms in total. The zero-order valence-electron chi connectivity index (χ0n) is 10.1. The monoisotopic (exact) mass is 278 g/mol. The average Bonchev–Trinajstić information content (AvgIpc) is 2.86. The van der Waals surface area contributed by atoms with Crippen molar-refractivity contribution in [2.24, 2.45) is 0 Å². The molecular formula is C12H11ClN4O2. The van der Waals surface area contributed by atoms with E-state index in [1.165, 1.54) is 0 Å². The lowest BCUT2D eigenvalue weighted by Crippen LogP contribution is -2.01. The van der Waals surface area contributed by atoms with Gasteiger partial charge in [-0.15, -0.1) is 0 Å². The van der Waals surface area contributed by atoms with Crippen LogP contribution in [0.5, 0.6) is 11.5 Å². The van der Waals surface area contributed by atoms with Gasteiger partial charge in [-0.25, -0.2) is 4.98 Å². The Bertz CT molecular complexity index is 648. The molecule has 1 aromatic heterocycles. The molecule has 7 heteroatoms. The molecule has 0 fully saturated rings. The van der Waals surface area contributed by atoms with Crippen LogP contribution in [0.25, 0.3) is 11.3 Å². The molecule has 0 amide bonds. The standard InChI is InChI=1S/C12H11ClN4O2/c1-15-10-4-8(16-12(14)17-10)6-2-7(13)11-9(3-6)18-5-19-11/h2-4H,5H2,1H3,(H3,14,15,16,17). The van der Waals surface area contributed by atoms with Gasteiger partial charge < -0.3 is 20.5 Å². The molecule has 1 aliphatic rings. The summed E-state index contributed by atoms with van der Waals surface area (Å²) in [5.41, 5.74) is 7.13. The first-order chi connectivity index (χ1) is 9.17. The molecule has 0 saturated heterocycles. The van der Waals surface area contributed by atoms with Crippen LogP contribution in [0.3, 0.4) is 0 Å². The first-order valence-corrected chi connectivity index (χ1v) is 5.97. The molecule has 0 saturated carbocycles. The van der Waals surface area contributed by atoms with E-state index in [9.17, 15) is 0 Å². The summed E-state index contributed by atoms with van der Waals surface area (Å²) in [6.45, 7) is 0.173. The molecule has 1 aromatic carbocycles. The maximum Gasteiger partial charge on any atom is 0.231 e. The van der Waals surface area contributed by atoms with Gasteiger partial charge in [0.15, 0.2) is 11.5 Å². The molecule has 0 aliphatic carbocycles. The highest BCUT2D eigenvalue weighted by atomic mass is 35.5. The van der Waals surface area contributed by atoms with Crippen LogP contribution in [0.2, 0.25) is 5.02 Å². The molecule has 2 heterocycles. The van der Waals surface area contributed by atoms with Crippen molar-refractivity contribution in [2.45, 2.75) is 0 Å². The molecule has 19 heavy (non-hydrogen) atoms. The summed E-state index contributed by atoms with van der Waals surface area (Å²) in [7, 11) is 1.76. The Labute approximate surface area is 114 Å². The third kappa shape index (κ3) is 2.10. The first-order valence-electron chi connectivity index (χ1n) is 5.59. The number of fused-ring (bicyclic) bond motifs is 1. The van der Waals surface area contributed by atoms with Gasteiger partial charge in [-0.05, 0) is 12.1 Å². The van der Waals surface area contributed by atoms with E-state index in [0.29, 0.717) is 28.0 Å². The van der Waals surface area contributed by atoms with Crippen molar-refractivity contribution < 1.29 is 9.47 Å². The second-order valence-corrected chi connectivity index (χ2v) is 4.35. The smallest absolute Gasteiger partial charge is 0.231 e. The van der Waals surface area contributed by atoms with Crippen molar-refractivity contribution in [1.82, 2.24) is 9.97 Å². The number of benzene rings is 1. The number of hydrogen-bond donors (Lipinski definition) is 2. The number of halogens is 1. The molecule has 0 spiro atoms. The van der Waals surface area contributed by atoms with Crippen molar-refractivity contribution in [3.63, 3.8) is 0 Å². The number of nitrogen functional groups attached to an aromatic ring is 1. The van der Waals surface area contributed by atoms with Gasteiger partial charge in [0.2, 0.25) is 12.7 Å².